The third-order valence-electron chi connectivity index (χ3n) is 23.6. The van der Waals surface area contributed by atoms with Crippen molar-refractivity contribution in [1.29, 1.82) is 0 Å². The smallest absolute Gasteiger partial charge is 0.410 e. The molecule has 117 heavy (non-hydrogen) atoms. The molecule has 9 atom stereocenters. The van der Waals surface area contributed by atoms with E-state index in [1.807, 2.05) is 72.8 Å². The predicted molar refractivity (Wildman–Crippen MR) is 429 cm³/mol. The number of carbonyl (C=O) groups excluding carboxylic acids is 8. The fraction of sp³-hybridized carbons (Fsp3) is 0.477. The number of rotatable bonds is 36. The van der Waals surface area contributed by atoms with Gasteiger partial charge in [-0.1, -0.05) is 106 Å². The number of amides is 7. The molecule has 0 radical (unpaired) electrons. The van der Waals surface area contributed by atoms with Gasteiger partial charge in [0.1, 0.15) is 42.3 Å². The zero-order chi connectivity index (χ0) is 83.3. The van der Waals surface area contributed by atoms with E-state index in [2.05, 4.69) is 34.8 Å². The summed E-state index contributed by atoms with van der Waals surface area (Å²) in [5.41, 5.74) is 10.8. The fourth-order valence-electron chi connectivity index (χ4n) is 19.0. The van der Waals surface area contributed by atoms with Crippen LogP contribution in [0.4, 0.5) is 20.5 Å². The number of primary amides is 1. The summed E-state index contributed by atoms with van der Waals surface area (Å²) in [5, 5.41) is 65.8. The van der Waals surface area contributed by atoms with Crippen LogP contribution in [0.25, 0.3) is 21.3 Å². The van der Waals surface area contributed by atoms with Gasteiger partial charge in [0, 0.05) is 106 Å². The van der Waals surface area contributed by atoms with E-state index in [9.17, 15) is 73.5 Å². The van der Waals surface area contributed by atoms with Gasteiger partial charge in [0.25, 0.3) is 17.7 Å². The number of ether oxygens (including phenoxy) is 4. The molecule has 6 heterocycles. The van der Waals surface area contributed by atoms with E-state index >= 15 is 0 Å². The molecule has 2 unspecified atom stereocenters. The summed E-state index contributed by atoms with van der Waals surface area (Å²) in [5.74, 6) is -5.15. The van der Waals surface area contributed by atoms with E-state index < -0.39 is 78.2 Å². The number of fused-ring (bicyclic) bond motifs is 2. The maximum absolute atomic E-state index is 14.6. The number of carboxylic acid groups (broad SMARTS) is 2. The van der Waals surface area contributed by atoms with Gasteiger partial charge in [-0.15, -0.1) is 0 Å². The van der Waals surface area contributed by atoms with Gasteiger partial charge in [0.05, 0.1) is 34.7 Å². The number of benzene rings is 4. The van der Waals surface area contributed by atoms with Gasteiger partial charge in [-0.25, -0.2) is 29.1 Å². The highest BCUT2D eigenvalue weighted by atomic mass is 32.1. The number of carboxylic acids is 2. The van der Waals surface area contributed by atoms with Crippen molar-refractivity contribution < 1.29 is 92.4 Å². The van der Waals surface area contributed by atoms with E-state index in [0.717, 1.165) is 64.0 Å². The SMILES string of the molecule is Cc1c(-c2ccc(N3CCc4cccc(C(=O)Nc5nc6ccccc6s5)c4C3)nc2C(=O)O)cnn1CC12CC3(C)CC(C)(C1)CC(OCCN(Cc1ccc(O[C@@H]4O[C@H](C(=O)O)[C@@H](O)[C@H](O)[C@H]4O)cc1)C(=O)OCc1ccc(CC(=O)[C@H](CCCNC(N)=O)NC(=O)[C@@H](CC(=O)CCCCCN4C(=O)C=CC4=O)C(C)C)cc1)(C3)C2. The number of Topliss-reactive ketones (excluding diaryl/α,β-unsaturated/α-hetero) is 2. The van der Waals surface area contributed by atoms with Gasteiger partial charge in [-0.2, -0.15) is 5.10 Å². The van der Waals surface area contributed by atoms with Crippen LogP contribution in [0.5, 0.6) is 5.75 Å². The van der Waals surface area contributed by atoms with Gasteiger partial charge in [-0.3, -0.25) is 43.7 Å². The number of anilines is 2. The topological polar surface area (TPSA) is 424 Å². The number of aromatic nitrogens is 4. The highest BCUT2D eigenvalue weighted by Crippen LogP contribution is 2.72. The average molecular weight is 1620 g/mol. The lowest BCUT2D eigenvalue weighted by Gasteiger charge is -2.69. The molecule has 620 valence electrons. The minimum atomic E-state index is -1.92. The number of pyridine rings is 1. The number of aliphatic carboxylic acids is 1. The van der Waals surface area contributed by atoms with Crippen molar-refractivity contribution in [2.24, 2.45) is 33.8 Å². The molecule has 3 aliphatic heterocycles. The summed E-state index contributed by atoms with van der Waals surface area (Å²) in [4.78, 5) is 145. The Hall–Kier alpha value is -10.8. The first-order chi connectivity index (χ1) is 55.8. The van der Waals surface area contributed by atoms with Crippen LogP contribution in [0.3, 0.4) is 0 Å². The number of ketones is 2. The molecule has 4 saturated carbocycles. The number of aliphatic hydroxyl groups excluding tert-OH is 3. The molecule has 5 fully saturated rings. The minimum absolute atomic E-state index is 0.00554. The normalized spacial score (nSPS) is 23.6. The molecule has 0 spiro atoms. The van der Waals surface area contributed by atoms with Gasteiger partial charge in [0.15, 0.2) is 22.7 Å². The van der Waals surface area contributed by atoms with Crippen LogP contribution in [-0.2, 0) is 82.1 Å². The van der Waals surface area contributed by atoms with Crippen LogP contribution < -0.4 is 31.3 Å². The average Bonchev–Trinajstić information content (AvgIpc) is 1.69. The standard InChI is InChI=1S/C86H101N11O19S/c1-50(2)60(38-56(98)14-7-6-10-33-96-68(100)29-30-69(96)101)76(106)90-63(17-12-32-88-80(87)111)65(99)37-52-19-21-54(22-20-52)42-113-82(112)95(40-53-23-25-57(26-24-53)115-79-73(104)71(102)72(103)74(116-79)78(109)110)35-36-114-86-46-83(4)43-84(5,47-86)45-85(44-83,48-86)49-97-51(3)61(39-89-97)58-27-28-67(92-70(58)77(107)108)94-34-31-55-13-11-15-59(62(55)41-94)75(105)93-81-91-64-16-8-9-18-66(64)117-81/h8-9,11,13,15-16,18-30,39,50,60,63,71-74,79,102-104H,6-7,10,12,14,17,31-38,40-49H2,1-5H3,(H,90,106)(H,107,108)(H,109,110)(H3,87,88,111)(H,91,93,105)/t60-,63-,71-,72-,73+,74-,79+,83?,84?,85?,86?/m0/s1. The number of carbonyl (C=O) groups is 10. The molecule has 1 saturated heterocycles. The molecule has 4 aromatic carbocycles. The van der Waals surface area contributed by atoms with Crippen LogP contribution in [-0.4, -0.2) is 189 Å². The molecule has 31 heteroatoms. The highest BCUT2D eigenvalue weighted by molar-refractivity contribution is 7.22. The van der Waals surface area contributed by atoms with Gasteiger partial charge >= 0.3 is 24.1 Å². The Morgan fingerprint density at radius 2 is 1.50 bits per heavy atom. The Morgan fingerprint density at radius 1 is 0.778 bits per heavy atom. The molecular weight excluding hydrogens is 1520 g/mol. The molecule has 30 nitrogen and oxygen atoms in total. The number of para-hydroxylation sites is 1. The van der Waals surface area contributed by atoms with Gasteiger partial charge in [0.2, 0.25) is 12.2 Å². The molecule has 7 aromatic rings. The second-order valence-corrected chi connectivity index (χ2v) is 34.5. The van der Waals surface area contributed by atoms with Crippen LogP contribution in [0.15, 0.2) is 121 Å². The Balaban J connectivity index is 0.668. The maximum atomic E-state index is 14.6. The van der Waals surface area contributed by atoms with E-state index in [1.165, 1.54) is 40.5 Å². The first-order valence-electron chi connectivity index (χ1n) is 39.9. The first kappa shape index (κ1) is 84.1. The van der Waals surface area contributed by atoms with Crippen molar-refractivity contribution in [3.8, 4) is 16.9 Å². The fourth-order valence-corrected chi connectivity index (χ4v) is 19.9. The van der Waals surface area contributed by atoms with E-state index in [0.29, 0.717) is 102 Å². The first-order valence-corrected chi connectivity index (χ1v) is 40.7. The lowest BCUT2D eigenvalue weighted by Crippen LogP contribution is -2.64. The lowest BCUT2D eigenvalue weighted by molar-refractivity contribution is -0.271. The van der Waals surface area contributed by atoms with Crippen molar-refractivity contribution in [2.75, 3.05) is 43.0 Å². The highest BCUT2D eigenvalue weighted by Gasteiger charge is 2.66. The second-order valence-electron chi connectivity index (χ2n) is 33.4. The molecule has 3 aromatic heterocycles. The maximum Gasteiger partial charge on any atom is 0.410 e. The monoisotopic (exact) mass is 1620 g/mol. The quantitative estimate of drug-likeness (QED) is 0.0130. The van der Waals surface area contributed by atoms with Crippen LogP contribution >= 0.6 is 11.3 Å². The van der Waals surface area contributed by atoms with Crippen molar-refractivity contribution >= 4 is 91.8 Å². The number of nitrogens with zero attached hydrogens (tertiary/aromatic N) is 7. The zero-order valence-electron chi connectivity index (χ0n) is 66.2. The molecule has 7 aliphatic rings. The number of hydrogen-bond acceptors (Lipinski definition) is 22. The van der Waals surface area contributed by atoms with Crippen molar-refractivity contribution in [3.63, 3.8) is 0 Å². The van der Waals surface area contributed by atoms with Crippen molar-refractivity contribution in [3.05, 3.63) is 166 Å². The molecule has 10 N–H and O–H groups in total. The largest absolute Gasteiger partial charge is 0.479 e. The summed E-state index contributed by atoms with van der Waals surface area (Å²) < 4.78 is 27.4. The summed E-state index contributed by atoms with van der Waals surface area (Å²) >= 11 is 1.40. The summed E-state index contributed by atoms with van der Waals surface area (Å²) in [7, 11) is 0. The van der Waals surface area contributed by atoms with E-state index in [4.69, 9.17) is 34.8 Å². The number of nitrogens with two attached hydrogens (primary N) is 1. The summed E-state index contributed by atoms with van der Waals surface area (Å²) in [6, 6.07) is 28.5. The van der Waals surface area contributed by atoms with E-state index in [1.54, 1.807) is 54.7 Å². The Morgan fingerprint density at radius 3 is 2.20 bits per heavy atom. The number of thiazole rings is 1. The van der Waals surface area contributed by atoms with E-state index in [-0.39, 0.29) is 128 Å². The zero-order valence-corrected chi connectivity index (χ0v) is 67.0. The molecule has 7 amide bonds. The Bertz CT molecular complexity index is 4880. The molecule has 14 rings (SSSR count). The van der Waals surface area contributed by atoms with Gasteiger partial charge in [-0.05, 0) is 170 Å². The Kier molecular flexibility index (Phi) is 25.6. The van der Waals surface area contributed by atoms with Crippen molar-refractivity contribution in [1.82, 2.24) is 40.2 Å². The van der Waals surface area contributed by atoms with Crippen LogP contribution in [0.1, 0.15) is 166 Å². The lowest BCUT2D eigenvalue weighted by atomic mass is 9.39. The number of nitrogens with one attached hydrogen (secondary N) is 3. The Labute approximate surface area is 680 Å². The van der Waals surface area contributed by atoms with Gasteiger partial charge < -0.3 is 70.6 Å². The summed E-state index contributed by atoms with van der Waals surface area (Å²) in [6.07, 6.45) is 2.07. The molecular formula is C86H101N11O19S. The predicted octanol–water partition coefficient (Wildman–Crippen LogP) is 9.38. The number of urea groups is 1. The number of aliphatic hydroxyl groups is 3. The number of imide groups is 1. The number of unbranched alkanes of at least 4 members (excludes halogenated alkanes) is 2. The number of hydrogen-bond donors (Lipinski definition) is 9. The third-order valence-corrected chi connectivity index (χ3v) is 24.6. The van der Waals surface area contributed by atoms with Crippen LogP contribution in [0.2, 0.25) is 0 Å². The molecule has 4 aliphatic carbocycles. The second kappa shape index (κ2) is 35.6. The molecule has 4 bridgehead atoms. The van der Waals surface area contributed by atoms with Crippen molar-refractivity contribution in [2.45, 2.75) is 200 Å². The summed E-state index contributed by atoms with van der Waals surface area (Å²) in [6.45, 7) is 12.1. The third kappa shape index (κ3) is 19.7. The number of aromatic carboxylic acids is 1. The minimum Gasteiger partial charge on any atom is -0.479 e. The van der Waals surface area contributed by atoms with Crippen LogP contribution in [0, 0.1) is 35.0 Å².